The third-order valence-corrected chi connectivity index (χ3v) is 14.9. The van der Waals surface area contributed by atoms with Crippen LogP contribution < -0.4 is 4.90 Å². The second kappa shape index (κ2) is 18.1. The fourth-order valence-corrected chi connectivity index (χ4v) is 11.6. The minimum atomic E-state index is 1.07. The molecule has 0 fully saturated rings. The summed E-state index contributed by atoms with van der Waals surface area (Å²) in [7, 11) is 0. The first-order chi connectivity index (χ1) is 36.7. The SMILES string of the molecule is c1ccc(-c2c(-c3ccccc3)c3cc(-c4cccc(N(c5cccc(-c6ccc7ccccc7c6)c5)c5cccc(-c6cccc7c6c6ccccc6n7-c6ccccc6)c5)c4)ccc3c3ccccc23)cc1. The van der Waals surface area contributed by atoms with Gasteiger partial charge in [-0.25, -0.2) is 0 Å². The Morgan fingerprint density at radius 1 is 0.243 bits per heavy atom. The van der Waals surface area contributed by atoms with Crippen LogP contribution in [0.4, 0.5) is 17.1 Å². The molecule has 14 aromatic rings. The zero-order valence-electron chi connectivity index (χ0n) is 40.6. The Morgan fingerprint density at radius 3 is 1.39 bits per heavy atom. The van der Waals surface area contributed by atoms with Gasteiger partial charge in [-0.15, -0.1) is 0 Å². The molecule has 14 rings (SSSR count). The number of fused-ring (bicyclic) bond motifs is 7. The molecule has 0 aliphatic rings. The molecule has 0 aliphatic heterocycles. The molecule has 0 bridgehead atoms. The fraction of sp³-hybridized carbons (Fsp3) is 0. The number of hydrogen-bond acceptors (Lipinski definition) is 1. The normalized spacial score (nSPS) is 11.5. The summed E-state index contributed by atoms with van der Waals surface area (Å²) in [6, 6.07) is 107. The first-order valence-electron chi connectivity index (χ1n) is 25.5. The summed E-state index contributed by atoms with van der Waals surface area (Å²) in [5.74, 6) is 0. The van der Waals surface area contributed by atoms with Crippen molar-refractivity contribution in [2.75, 3.05) is 4.90 Å². The molecule has 0 atom stereocenters. The van der Waals surface area contributed by atoms with Crippen LogP contribution in [-0.2, 0) is 0 Å². The molecule has 0 saturated heterocycles. The molecule has 0 amide bonds. The van der Waals surface area contributed by atoms with Crippen molar-refractivity contribution in [2.45, 2.75) is 0 Å². The first kappa shape index (κ1) is 43.1. The zero-order valence-corrected chi connectivity index (χ0v) is 40.6. The maximum atomic E-state index is 2.43. The Labute approximate surface area is 430 Å². The molecule has 346 valence electrons. The van der Waals surface area contributed by atoms with Crippen molar-refractivity contribution in [2.24, 2.45) is 0 Å². The average Bonchev–Trinajstić information content (AvgIpc) is 3.83. The highest BCUT2D eigenvalue weighted by atomic mass is 15.1. The molecule has 13 aromatic carbocycles. The third-order valence-electron chi connectivity index (χ3n) is 14.9. The van der Waals surface area contributed by atoms with Gasteiger partial charge in [-0.05, 0) is 161 Å². The molecule has 2 heteroatoms. The quantitative estimate of drug-likeness (QED) is 0.131. The average molecular weight is 941 g/mol. The first-order valence-corrected chi connectivity index (χ1v) is 25.5. The van der Waals surface area contributed by atoms with Crippen LogP contribution in [-0.4, -0.2) is 4.57 Å². The van der Waals surface area contributed by atoms with E-state index in [2.05, 4.69) is 301 Å². The van der Waals surface area contributed by atoms with Gasteiger partial charge in [-0.3, -0.25) is 0 Å². The lowest BCUT2D eigenvalue weighted by molar-refractivity contribution is 1.18. The Morgan fingerprint density at radius 2 is 0.703 bits per heavy atom. The number of anilines is 3. The van der Waals surface area contributed by atoms with Gasteiger partial charge < -0.3 is 9.47 Å². The van der Waals surface area contributed by atoms with Gasteiger partial charge in [0.15, 0.2) is 0 Å². The summed E-state index contributed by atoms with van der Waals surface area (Å²) < 4.78 is 2.40. The molecule has 74 heavy (non-hydrogen) atoms. The van der Waals surface area contributed by atoms with E-state index in [-0.39, 0.29) is 0 Å². The van der Waals surface area contributed by atoms with Gasteiger partial charge in [0.05, 0.1) is 11.0 Å². The van der Waals surface area contributed by atoms with Crippen LogP contribution in [0, 0.1) is 0 Å². The third kappa shape index (κ3) is 7.43. The molecule has 0 spiro atoms. The molecule has 0 unspecified atom stereocenters. The molecule has 0 aliphatic carbocycles. The highest BCUT2D eigenvalue weighted by molar-refractivity contribution is 6.22. The zero-order chi connectivity index (χ0) is 49.0. The lowest BCUT2D eigenvalue weighted by Crippen LogP contribution is -2.10. The molecule has 0 saturated carbocycles. The van der Waals surface area contributed by atoms with Gasteiger partial charge >= 0.3 is 0 Å². The van der Waals surface area contributed by atoms with Gasteiger partial charge in [0.1, 0.15) is 0 Å². The van der Waals surface area contributed by atoms with Crippen molar-refractivity contribution in [3.8, 4) is 61.3 Å². The van der Waals surface area contributed by atoms with E-state index < -0.39 is 0 Å². The minimum Gasteiger partial charge on any atom is -0.310 e. The highest BCUT2D eigenvalue weighted by Gasteiger charge is 2.21. The van der Waals surface area contributed by atoms with E-state index in [4.69, 9.17) is 0 Å². The van der Waals surface area contributed by atoms with Gasteiger partial charge in [0.25, 0.3) is 0 Å². The van der Waals surface area contributed by atoms with E-state index in [1.165, 1.54) is 87.5 Å². The monoisotopic (exact) mass is 940 g/mol. The summed E-state index contributed by atoms with van der Waals surface area (Å²) in [4.78, 5) is 2.43. The molecule has 0 N–H and O–H groups in total. The Kier molecular flexibility index (Phi) is 10.6. The largest absolute Gasteiger partial charge is 0.310 e. The number of rotatable bonds is 9. The smallest absolute Gasteiger partial charge is 0.0547 e. The molecular formula is C72H48N2. The van der Waals surface area contributed by atoms with Gasteiger partial charge in [-0.2, -0.15) is 0 Å². The predicted octanol–water partition coefficient (Wildman–Crippen LogP) is 20.0. The minimum absolute atomic E-state index is 1.07. The van der Waals surface area contributed by atoms with E-state index in [1.807, 2.05) is 0 Å². The molecule has 0 radical (unpaired) electrons. The summed E-state index contributed by atoms with van der Waals surface area (Å²) in [5.41, 5.74) is 18.6. The van der Waals surface area contributed by atoms with Crippen molar-refractivity contribution in [1.29, 1.82) is 0 Å². The number of hydrogen-bond donors (Lipinski definition) is 0. The maximum absolute atomic E-state index is 2.43. The standard InChI is InChI=1S/C72H48N2/c1-4-21-50(22-5-1)70-65-35-13-12-34-63(65)64-43-42-56(48-67(64)71(70)51-23-6-2-7-24-51)54-27-17-32-60(46-54)73(59-31-16-26-53(45-59)55-41-40-49-20-10-11-25-52(49)44-55)61-33-18-28-57(47-61)62-37-19-39-69-72(62)66-36-14-15-38-68(66)74(69)58-29-8-3-9-30-58/h1-48H. The van der Waals surface area contributed by atoms with Gasteiger partial charge in [0, 0.05) is 33.5 Å². The Bertz CT molecular complexity index is 4420. The maximum Gasteiger partial charge on any atom is 0.0547 e. The summed E-state index contributed by atoms with van der Waals surface area (Å²) in [5, 5.41) is 9.90. The van der Waals surface area contributed by atoms with E-state index in [9.17, 15) is 0 Å². The van der Waals surface area contributed by atoms with E-state index in [1.54, 1.807) is 0 Å². The van der Waals surface area contributed by atoms with Crippen molar-refractivity contribution < 1.29 is 0 Å². The number of aromatic nitrogens is 1. The van der Waals surface area contributed by atoms with Crippen LogP contribution in [0.1, 0.15) is 0 Å². The lowest BCUT2D eigenvalue weighted by atomic mass is 9.84. The van der Waals surface area contributed by atoms with Crippen LogP contribution in [0.3, 0.4) is 0 Å². The van der Waals surface area contributed by atoms with Crippen molar-refractivity contribution in [3.63, 3.8) is 0 Å². The number of para-hydroxylation sites is 2. The van der Waals surface area contributed by atoms with Gasteiger partial charge in [-0.1, -0.05) is 218 Å². The topological polar surface area (TPSA) is 8.17 Å². The van der Waals surface area contributed by atoms with Crippen molar-refractivity contribution in [3.05, 3.63) is 291 Å². The molecule has 2 nitrogen and oxygen atoms in total. The summed E-state index contributed by atoms with van der Waals surface area (Å²) in [6.45, 7) is 0. The van der Waals surface area contributed by atoms with E-state index in [0.29, 0.717) is 0 Å². The second-order valence-electron chi connectivity index (χ2n) is 19.2. The highest BCUT2D eigenvalue weighted by Crippen LogP contribution is 2.47. The lowest BCUT2D eigenvalue weighted by Gasteiger charge is -2.27. The Balaban J connectivity index is 0.961. The van der Waals surface area contributed by atoms with Crippen LogP contribution >= 0.6 is 0 Å². The number of benzene rings is 13. The number of nitrogens with zero attached hydrogens (tertiary/aromatic N) is 2. The fourth-order valence-electron chi connectivity index (χ4n) is 11.6. The molecule has 1 aromatic heterocycles. The van der Waals surface area contributed by atoms with Crippen molar-refractivity contribution >= 4 is 71.2 Å². The van der Waals surface area contributed by atoms with Gasteiger partial charge in [0.2, 0.25) is 0 Å². The second-order valence-corrected chi connectivity index (χ2v) is 19.2. The molecule has 1 heterocycles. The van der Waals surface area contributed by atoms with Crippen LogP contribution in [0.2, 0.25) is 0 Å². The predicted molar refractivity (Wildman–Crippen MR) is 315 cm³/mol. The molecular weight excluding hydrogens is 893 g/mol. The Hall–Kier alpha value is -9.76. The van der Waals surface area contributed by atoms with Crippen LogP contribution in [0.5, 0.6) is 0 Å². The summed E-state index contributed by atoms with van der Waals surface area (Å²) >= 11 is 0. The van der Waals surface area contributed by atoms with Crippen LogP contribution in [0.25, 0.3) is 115 Å². The van der Waals surface area contributed by atoms with E-state index >= 15 is 0 Å². The van der Waals surface area contributed by atoms with Crippen molar-refractivity contribution in [1.82, 2.24) is 4.57 Å². The summed E-state index contributed by atoms with van der Waals surface area (Å²) in [6.07, 6.45) is 0. The van der Waals surface area contributed by atoms with Crippen LogP contribution in [0.15, 0.2) is 291 Å². The van der Waals surface area contributed by atoms with E-state index in [0.717, 1.165) is 45.0 Å².